The van der Waals surface area contributed by atoms with Crippen molar-refractivity contribution in [3.05, 3.63) is 48.0 Å². The van der Waals surface area contributed by atoms with E-state index in [0.29, 0.717) is 31.4 Å². The zero-order valence-corrected chi connectivity index (χ0v) is 13.0. The Bertz CT molecular complexity index is 734. The Balaban J connectivity index is 1.60. The standard InChI is InChI=1S/C17H18FN3O3/c18-12-3-7-14(8-4-12)21-10-9-15(20-21)16(22)19-13-5-1-11(2-6-13)17(23)24/h3-4,7-11,13H,1-2,5-6H2,(H,19,22)(H,23,24). The molecule has 24 heavy (non-hydrogen) atoms. The van der Waals surface area contributed by atoms with Crippen molar-refractivity contribution in [3.63, 3.8) is 0 Å². The molecule has 0 aliphatic heterocycles. The van der Waals surface area contributed by atoms with Crippen LogP contribution < -0.4 is 5.32 Å². The van der Waals surface area contributed by atoms with E-state index in [1.807, 2.05) is 0 Å². The van der Waals surface area contributed by atoms with Crippen LogP contribution in [0.2, 0.25) is 0 Å². The molecule has 126 valence electrons. The summed E-state index contributed by atoms with van der Waals surface area (Å²) in [6.45, 7) is 0. The number of aromatic nitrogens is 2. The van der Waals surface area contributed by atoms with Crippen LogP contribution in [-0.2, 0) is 4.79 Å². The molecule has 0 unspecified atom stereocenters. The number of rotatable bonds is 4. The maximum absolute atomic E-state index is 12.9. The Morgan fingerprint density at radius 2 is 1.79 bits per heavy atom. The Labute approximate surface area is 138 Å². The lowest BCUT2D eigenvalue weighted by molar-refractivity contribution is -0.142. The van der Waals surface area contributed by atoms with Gasteiger partial charge in [-0.2, -0.15) is 5.10 Å². The Hall–Kier alpha value is -2.70. The van der Waals surface area contributed by atoms with Gasteiger partial charge in [-0.25, -0.2) is 9.07 Å². The smallest absolute Gasteiger partial charge is 0.306 e. The van der Waals surface area contributed by atoms with Gasteiger partial charge in [0.2, 0.25) is 0 Å². The highest BCUT2D eigenvalue weighted by Gasteiger charge is 2.27. The van der Waals surface area contributed by atoms with Crippen LogP contribution in [0.25, 0.3) is 5.69 Å². The van der Waals surface area contributed by atoms with Gasteiger partial charge in [0.05, 0.1) is 11.6 Å². The molecule has 0 radical (unpaired) electrons. The zero-order chi connectivity index (χ0) is 17.1. The summed E-state index contributed by atoms with van der Waals surface area (Å²) >= 11 is 0. The average molecular weight is 331 g/mol. The number of nitrogens with one attached hydrogen (secondary N) is 1. The van der Waals surface area contributed by atoms with Crippen LogP contribution >= 0.6 is 0 Å². The number of nitrogens with zero attached hydrogens (tertiary/aromatic N) is 2. The van der Waals surface area contributed by atoms with Crippen molar-refractivity contribution in [2.45, 2.75) is 31.7 Å². The van der Waals surface area contributed by atoms with E-state index in [1.54, 1.807) is 24.4 Å². The monoisotopic (exact) mass is 331 g/mol. The number of carboxylic acid groups (broad SMARTS) is 1. The quantitative estimate of drug-likeness (QED) is 0.901. The van der Waals surface area contributed by atoms with Crippen molar-refractivity contribution in [3.8, 4) is 5.69 Å². The minimum Gasteiger partial charge on any atom is -0.481 e. The molecule has 1 fully saturated rings. The number of benzene rings is 1. The van der Waals surface area contributed by atoms with E-state index in [-0.39, 0.29) is 29.4 Å². The highest BCUT2D eigenvalue weighted by atomic mass is 19.1. The summed E-state index contributed by atoms with van der Waals surface area (Å²) in [4.78, 5) is 23.2. The SMILES string of the molecule is O=C(NC1CCC(C(=O)O)CC1)c1ccn(-c2ccc(F)cc2)n1. The van der Waals surface area contributed by atoms with E-state index < -0.39 is 5.97 Å². The third-order valence-corrected chi connectivity index (χ3v) is 4.32. The molecule has 1 saturated carbocycles. The van der Waals surface area contributed by atoms with Crippen LogP contribution in [0.5, 0.6) is 0 Å². The predicted molar refractivity (Wildman–Crippen MR) is 84.4 cm³/mol. The summed E-state index contributed by atoms with van der Waals surface area (Å²) < 4.78 is 14.5. The van der Waals surface area contributed by atoms with Gasteiger partial charge < -0.3 is 10.4 Å². The number of carbonyl (C=O) groups is 2. The van der Waals surface area contributed by atoms with Crippen molar-refractivity contribution >= 4 is 11.9 Å². The molecule has 6 nitrogen and oxygen atoms in total. The van der Waals surface area contributed by atoms with Crippen LogP contribution in [-0.4, -0.2) is 32.8 Å². The van der Waals surface area contributed by atoms with Gasteiger partial charge in [-0.15, -0.1) is 0 Å². The zero-order valence-electron chi connectivity index (χ0n) is 13.0. The fraction of sp³-hybridized carbons (Fsp3) is 0.353. The average Bonchev–Trinajstić information content (AvgIpc) is 3.06. The first kappa shape index (κ1) is 16.2. The van der Waals surface area contributed by atoms with Gasteiger partial charge in [0.15, 0.2) is 5.69 Å². The molecule has 0 bridgehead atoms. The van der Waals surface area contributed by atoms with Crippen molar-refractivity contribution < 1.29 is 19.1 Å². The maximum atomic E-state index is 12.9. The second-order valence-electron chi connectivity index (χ2n) is 5.98. The van der Waals surface area contributed by atoms with Gasteiger partial charge in [-0.3, -0.25) is 9.59 Å². The first-order chi connectivity index (χ1) is 11.5. The molecule has 1 aromatic carbocycles. The normalized spacial score (nSPS) is 20.5. The summed E-state index contributed by atoms with van der Waals surface area (Å²) in [5.74, 6) is -1.69. The summed E-state index contributed by atoms with van der Waals surface area (Å²) in [5, 5.41) is 16.1. The van der Waals surface area contributed by atoms with Crippen LogP contribution in [0.4, 0.5) is 4.39 Å². The fourth-order valence-corrected chi connectivity index (χ4v) is 2.93. The van der Waals surface area contributed by atoms with Gasteiger partial charge in [-0.05, 0) is 56.0 Å². The summed E-state index contributed by atoms with van der Waals surface area (Å²) in [6.07, 6.45) is 4.10. The van der Waals surface area contributed by atoms with Crippen molar-refractivity contribution in [2.75, 3.05) is 0 Å². The van der Waals surface area contributed by atoms with Crippen LogP contribution in [0, 0.1) is 11.7 Å². The molecular formula is C17H18FN3O3. The number of amides is 1. The third kappa shape index (κ3) is 3.61. The fourth-order valence-electron chi connectivity index (χ4n) is 2.93. The molecule has 0 spiro atoms. The second kappa shape index (κ2) is 6.82. The Kier molecular flexibility index (Phi) is 4.59. The lowest BCUT2D eigenvalue weighted by Gasteiger charge is -2.26. The van der Waals surface area contributed by atoms with Crippen LogP contribution in [0.1, 0.15) is 36.2 Å². The maximum Gasteiger partial charge on any atom is 0.306 e. The topological polar surface area (TPSA) is 84.2 Å². The second-order valence-corrected chi connectivity index (χ2v) is 5.98. The molecule has 1 heterocycles. The predicted octanol–water partition coefficient (Wildman–Crippen LogP) is 2.38. The number of aliphatic carboxylic acids is 1. The largest absolute Gasteiger partial charge is 0.481 e. The molecular weight excluding hydrogens is 313 g/mol. The van der Waals surface area contributed by atoms with Gasteiger partial charge in [0, 0.05) is 12.2 Å². The van der Waals surface area contributed by atoms with Gasteiger partial charge >= 0.3 is 5.97 Å². The first-order valence-corrected chi connectivity index (χ1v) is 7.88. The lowest BCUT2D eigenvalue weighted by Crippen LogP contribution is -2.38. The molecule has 3 rings (SSSR count). The first-order valence-electron chi connectivity index (χ1n) is 7.88. The Morgan fingerprint density at radius 3 is 2.42 bits per heavy atom. The molecule has 1 amide bonds. The van der Waals surface area contributed by atoms with E-state index >= 15 is 0 Å². The van der Waals surface area contributed by atoms with Gasteiger partial charge in [0.1, 0.15) is 5.82 Å². The number of carbonyl (C=O) groups excluding carboxylic acids is 1. The number of hydrogen-bond donors (Lipinski definition) is 2. The van der Waals surface area contributed by atoms with Crippen molar-refractivity contribution in [1.82, 2.24) is 15.1 Å². The number of carboxylic acids is 1. The molecule has 2 aromatic rings. The van der Waals surface area contributed by atoms with Crippen LogP contribution in [0.3, 0.4) is 0 Å². The number of halogens is 1. The molecule has 0 atom stereocenters. The molecule has 0 saturated heterocycles. The molecule has 1 aliphatic rings. The Morgan fingerprint density at radius 1 is 1.12 bits per heavy atom. The van der Waals surface area contributed by atoms with E-state index in [1.165, 1.54) is 16.8 Å². The minimum absolute atomic E-state index is 0.0240. The van der Waals surface area contributed by atoms with Crippen LogP contribution in [0.15, 0.2) is 36.5 Å². The molecule has 1 aromatic heterocycles. The molecule has 2 N–H and O–H groups in total. The third-order valence-electron chi connectivity index (χ3n) is 4.32. The van der Waals surface area contributed by atoms with Crippen molar-refractivity contribution in [2.24, 2.45) is 5.92 Å². The molecule has 1 aliphatic carbocycles. The number of hydrogen-bond acceptors (Lipinski definition) is 3. The van der Waals surface area contributed by atoms with E-state index in [4.69, 9.17) is 5.11 Å². The van der Waals surface area contributed by atoms with Gasteiger partial charge in [0.25, 0.3) is 5.91 Å². The highest BCUT2D eigenvalue weighted by Crippen LogP contribution is 2.24. The van der Waals surface area contributed by atoms with E-state index in [2.05, 4.69) is 10.4 Å². The highest BCUT2D eigenvalue weighted by molar-refractivity contribution is 5.92. The summed E-state index contributed by atoms with van der Waals surface area (Å²) in [5.41, 5.74) is 0.942. The van der Waals surface area contributed by atoms with Crippen molar-refractivity contribution in [1.29, 1.82) is 0 Å². The van der Waals surface area contributed by atoms with E-state index in [9.17, 15) is 14.0 Å². The summed E-state index contributed by atoms with van der Waals surface area (Å²) in [6, 6.07) is 7.40. The molecule has 7 heteroatoms. The lowest BCUT2D eigenvalue weighted by atomic mass is 9.86. The minimum atomic E-state index is -0.766. The van der Waals surface area contributed by atoms with Gasteiger partial charge in [-0.1, -0.05) is 0 Å². The summed E-state index contributed by atoms with van der Waals surface area (Å²) in [7, 11) is 0. The van der Waals surface area contributed by atoms with E-state index in [0.717, 1.165) is 0 Å².